The number of amides is 3. The van der Waals surface area contributed by atoms with Crippen molar-refractivity contribution in [3.63, 3.8) is 0 Å². The predicted octanol–water partition coefficient (Wildman–Crippen LogP) is 0.298. The number of aliphatic imine (C=N–C) groups is 2. The van der Waals surface area contributed by atoms with E-state index in [1.165, 1.54) is 0 Å². The molecule has 0 unspecified atom stereocenters. The van der Waals surface area contributed by atoms with Gasteiger partial charge in [-0.3, -0.25) is 24.4 Å². The fraction of sp³-hybridized carbons (Fsp3) is 0.192. The molecule has 2 aromatic heterocycles. The van der Waals surface area contributed by atoms with Gasteiger partial charge in [-0.2, -0.15) is 0 Å². The van der Waals surface area contributed by atoms with Crippen molar-refractivity contribution in [2.45, 2.75) is 6.42 Å². The van der Waals surface area contributed by atoms with Crippen LogP contribution >= 0.6 is 0 Å². The van der Waals surface area contributed by atoms with Crippen molar-refractivity contribution in [1.82, 2.24) is 20.6 Å². The normalized spacial score (nSPS) is 10.7. The molecule has 0 saturated heterocycles. The molecule has 14 heteroatoms. The van der Waals surface area contributed by atoms with Gasteiger partial charge in [-0.1, -0.05) is 6.07 Å². The third kappa shape index (κ3) is 7.06. The molecule has 0 spiro atoms. The molecule has 208 valence electrons. The lowest BCUT2D eigenvalue weighted by Gasteiger charge is -2.04. The lowest BCUT2D eigenvalue weighted by molar-refractivity contribution is 0.0944. The van der Waals surface area contributed by atoms with Crippen LogP contribution in [0.5, 0.6) is 0 Å². The van der Waals surface area contributed by atoms with Crippen LogP contribution in [0.15, 0.2) is 58.5 Å². The number of rotatable bonds is 11. The minimum Gasteiger partial charge on any atom is -0.370 e. The standard InChI is InChI=1S/C26H31N11O3/c27-25(28)33-7-1-6-31-22(38)15-3-5-18-16(10-15)12-21(36-18)24(40)35-17-4-2-14-11-20(37-19(14)13-17)23(39)32-8-9-34-26(29)30/h2-5,10-13,36-37H,1,6-9H2,(H,31,38)(H,32,39)(H,35,40)(H4,27,28,33)(H4,29,30,34). The summed E-state index contributed by atoms with van der Waals surface area (Å²) >= 11 is 0. The number of nitrogens with zero attached hydrogens (tertiary/aromatic N) is 2. The van der Waals surface area contributed by atoms with Crippen LogP contribution in [0.2, 0.25) is 0 Å². The molecule has 13 N–H and O–H groups in total. The highest BCUT2D eigenvalue weighted by Gasteiger charge is 2.14. The van der Waals surface area contributed by atoms with Gasteiger partial charge < -0.3 is 48.9 Å². The van der Waals surface area contributed by atoms with Crippen LogP contribution in [-0.4, -0.2) is 65.8 Å². The van der Waals surface area contributed by atoms with Crippen LogP contribution in [-0.2, 0) is 0 Å². The van der Waals surface area contributed by atoms with Crippen LogP contribution in [0.25, 0.3) is 21.8 Å². The number of carbonyl (C=O) groups excluding carboxylic acids is 3. The fourth-order valence-corrected chi connectivity index (χ4v) is 3.96. The lowest BCUT2D eigenvalue weighted by Crippen LogP contribution is -2.28. The maximum atomic E-state index is 12.9. The minimum atomic E-state index is -0.356. The Hall–Kier alpha value is -5.53. The number of nitrogens with one attached hydrogen (secondary N) is 5. The second kappa shape index (κ2) is 12.3. The molecule has 4 aromatic rings. The number of H-pyrrole nitrogens is 2. The second-order valence-corrected chi connectivity index (χ2v) is 8.90. The molecule has 0 bridgehead atoms. The third-order valence-corrected chi connectivity index (χ3v) is 5.86. The average molecular weight is 546 g/mol. The zero-order valence-electron chi connectivity index (χ0n) is 21.6. The molecule has 14 nitrogen and oxygen atoms in total. The molecule has 4 rings (SSSR count). The van der Waals surface area contributed by atoms with E-state index in [0.717, 1.165) is 5.39 Å². The Labute approximate surface area is 228 Å². The summed E-state index contributed by atoms with van der Waals surface area (Å²) in [5, 5.41) is 9.92. The van der Waals surface area contributed by atoms with Crippen LogP contribution in [0.3, 0.4) is 0 Å². The van der Waals surface area contributed by atoms with Crippen LogP contribution in [0.4, 0.5) is 5.69 Å². The number of carbonyl (C=O) groups is 3. The van der Waals surface area contributed by atoms with E-state index in [2.05, 4.69) is 35.9 Å². The van der Waals surface area contributed by atoms with E-state index in [1.807, 2.05) is 0 Å². The molecule has 0 aliphatic heterocycles. The maximum absolute atomic E-state index is 12.9. The fourth-order valence-electron chi connectivity index (χ4n) is 3.96. The first kappa shape index (κ1) is 27.5. The highest BCUT2D eigenvalue weighted by atomic mass is 16.2. The van der Waals surface area contributed by atoms with Crippen molar-refractivity contribution in [2.75, 3.05) is 31.5 Å². The summed E-state index contributed by atoms with van der Waals surface area (Å²) in [4.78, 5) is 51.6. The summed E-state index contributed by atoms with van der Waals surface area (Å²) in [6.45, 7) is 1.40. The Balaban J connectivity index is 1.38. The van der Waals surface area contributed by atoms with Crippen molar-refractivity contribution >= 4 is 57.1 Å². The number of aromatic amines is 2. The Morgan fingerprint density at radius 2 is 1.35 bits per heavy atom. The topological polar surface area (TPSA) is 248 Å². The predicted molar refractivity (Wildman–Crippen MR) is 155 cm³/mol. The lowest BCUT2D eigenvalue weighted by atomic mass is 10.1. The van der Waals surface area contributed by atoms with Gasteiger partial charge in [0.25, 0.3) is 17.7 Å². The number of aromatic nitrogens is 2. The Morgan fingerprint density at radius 3 is 2.12 bits per heavy atom. The molecule has 0 radical (unpaired) electrons. The Bertz CT molecular complexity index is 1610. The van der Waals surface area contributed by atoms with Crippen molar-refractivity contribution in [2.24, 2.45) is 32.9 Å². The van der Waals surface area contributed by atoms with Gasteiger partial charge in [-0.15, -0.1) is 0 Å². The van der Waals surface area contributed by atoms with Crippen molar-refractivity contribution in [1.29, 1.82) is 0 Å². The Morgan fingerprint density at radius 1 is 0.675 bits per heavy atom. The first-order valence-corrected chi connectivity index (χ1v) is 12.4. The molecule has 3 amide bonds. The van der Waals surface area contributed by atoms with Gasteiger partial charge in [0.1, 0.15) is 11.4 Å². The van der Waals surface area contributed by atoms with Gasteiger partial charge >= 0.3 is 0 Å². The number of hydrogen-bond donors (Lipinski definition) is 9. The molecular formula is C26H31N11O3. The molecule has 2 aromatic carbocycles. The average Bonchev–Trinajstić information content (AvgIpc) is 3.54. The molecule has 0 saturated carbocycles. The first-order chi connectivity index (χ1) is 19.2. The summed E-state index contributed by atoms with van der Waals surface area (Å²) in [6, 6.07) is 13.8. The van der Waals surface area contributed by atoms with Crippen LogP contribution in [0.1, 0.15) is 37.8 Å². The molecule has 0 fully saturated rings. The monoisotopic (exact) mass is 545 g/mol. The van der Waals surface area contributed by atoms with Crippen LogP contribution in [0, 0.1) is 0 Å². The minimum absolute atomic E-state index is 0.0144. The van der Waals surface area contributed by atoms with Gasteiger partial charge in [0.15, 0.2) is 11.9 Å². The van der Waals surface area contributed by atoms with Gasteiger partial charge in [-0.25, -0.2) is 0 Å². The second-order valence-electron chi connectivity index (χ2n) is 8.90. The molecule has 0 aliphatic rings. The van der Waals surface area contributed by atoms with E-state index in [-0.39, 0.29) is 42.7 Å². The van der Waals surface area contributed by atoms with Gasteiger partial charge in [-0.05, 0) is 48.9 Å². The first-order valence-electron chi connectivity index (χ1n) is 12.4. The molecular weight excluding hydrogens is 514 g/mol. The van der Waals surface area contributed by atoms with E-state index in [0.29, 0.717) is 58.6 Å². The molecule has 0 atom stereocenters. The highest BCUT2D eigenvalue weighted by molar-refractivity contribution is 6.08. The van der Waals surface area contributed by atoms with Gasteiger partial charge in [0.2, 0.25) is 0 Å². The number of nitrogens with two attached hydrogens (primary N) is 4. The summed E-state index contributed by atoms with van der Waals surface area (Å²) in [6.07, 6.45) is 0.601. The summed E-state index contributed by atoms with van der Waals surface area (Å²) < 4.78 is 0. The van der Waals surface area contributed by atoms with Gasteiger partial charge in [0.05, 0.1) is 6.54 Å². The summed E-state index contributed by atoms with van der Waals surface area (Å²) in [5.74, 6) is -0.918. The zero-order chi connectivity index (χ0) is 28.6. The number of guanidine groups is 2. The number of fused-ring (bicyclic) bond motifs is 2. The van der Waals surface area contributed by atoms with E-state index in [4.69, 9.17) is 22.9 Å². The molecule has 2 heterocycles. The highest BCUT2D eigenvalue weighted by Crippen LogP contribution is 2.22. The van der Waals surface area contributed by atoms with Crippen molar-refractivity contribution in [3.05, 3.63) is 65.5 Å². The largest absolute Gasteiger partial charge is 0.370 e. The van der Waals surface area contributed by atoms with Gasteiger partial charge in [0, 0.05) is 52.7 Å². The Kier molecular flexibility index (Phi) is 8.49. The van der Waals surface area contributed by atoms with Crippen molar-refractivity contribution < 1.29 is 14.4 Å². The number of anilines is 1. The van der Waals surface area contributed by atoms with E-state index in [9.17, 15) is 14.4 Å². The number of hydrogen-bond acceptors (Lipinski definition) is 5. The molecule has 40 heavy (non-hydrogen) atoms. The smallest absolute Gasteiger partial charge is 0.272 e. The summed E-state index contributed by atoms with van der Waals surface area (Å²) in [7, 11) is 0. The quantitative estimate of drug-likeness (QED) is 0.0723. The van der Waals surface area contributed by atoms with Crippen LogP contribution < -0.4 is 38.9 Å². The van der Waals surface area contributed by atoms with E-state index in [1.54, 1.807) is 48.5 Å². The number of benzene rings is 2. The van der Waals surface area contributed by atoms with E-state index >= 15 is 0 Å². The SMILES string of the molecule is NC(N)=NCCCNC(=O)c1ccc2[nH]c(C(=O)Nc3ccc4cc(C(=O)NCCN=C(N)N)[nH]c4c3)cc2c1. The summed E-state index contributed by atoms with van der Waals surface area (Å²) in [5.41, 5.74) is 24.2. The van der Waals surface area contributed by atoms with E-state index < -0.39 is 0 Å². The maximum Gasteiger partial charge on any atom is 0.272 e. The molecule has 0 aliphatic carbocycles. The van der Waals surface area contributed by atoms with Crippen molar-refractivity contribution in [3.8, 4) is 0 Å². The third-order valence-electron chi connectivity index (χ3n) is 5.86. The zero-order valence-corrected chi connectivity index (χ0v) is 21.6.